The molecule has 1 aliphatic rings. The van der Waals surface area contributed by atoms with E-state index in [1.165, 1.54) is 4.70 Å². The number of fused-ring (bicyclic) bond motifs is 1. The van der Waals surface area contributed by atoms with Crippen LogP contribution in [0.1, 0.15) is 30.1 Å². The van der Waals surface area contributed by atoms with E-state index in [2.05, 4.69) is 12.1 Å². The van der Waals surface area contributed by atoms with Gasteiger partial charge in [0.15, 0.2) is 0 Å². The third-order valence-corrected chi connectivity index (χ3v) is 4.81. The molecule has 3 aromatic rings. The number of thiophene rings is 1. The lowest BCUT2D eigenvalue weighted by molar-refractivity contribution is 0.222. The van der Waals surface area contributed by atoms with Gasteiger partial charge in [0, 0.05) is 10.3 Å². The fraction of sp³-hybridized carbons (Fsp3) is 0.222. The molecular formula is C18H16O2S. The average Bonchev–Trinajstić information content (AvgIpc) is 3.23. The molecule has 1 saturated carbocycles. The first-order valence-corrected chi connectivity index (χ1v) is 8.10. The molecule has 1 fully saturated rings. The molecule has 1 N–H and O–H groups in total. The maximum absolute atomic E-state index is 10.6. The van der Waals surface area contributed by atoms with Crippen molar-refractivity contribution in [2.45, 2.75) is 25.0 Å². The van der Waals surface area contributed by atoms with Crippen molar-refractivity contribution < 1.29 is 9.84 Å². The summed E-state index contributed by atoms with van der Waals surface area (Å²) in [5, 5.41) is 13.8. The molecule has 21 heavy (non-hydrogen) atoms. The lowest BCUT2D eigenvalue weighted by Gasteiger charge is -2.12. The van der Waals surface area contributed by atoms with E-state index in [4.69, 9.17) is 4.74 Å². The van der Waals surface area contributed by atoms with E-state index < -0.39 is 6.10 Å². The van der Waals surface area contributed by atoms with Gasteiger partial charge >= 0.3 is 0 Å². The molecule has 1 heterocycles. The highest BCUT2D eigenvalue weighted by Crippen LogP contribution is 2.34. The Bertz CT molecular complexity index is 756. The van der Waals surface area contributed by atoms with Crippen LogP contribution < -0.4 is 4.74 Å². The van der Waals surface area contributed by atoms with E-state index in [0.29, 0.717) is 6.10 Å². The van der Waals surface area contributed by atoms with Crippen LogP contribution in [0.5, 0.6) is 5.75 Å². The van der Waals surface area contributed by atoms with Crippen LogP contribution in [0.2, 0.25) is 0 Å². The molecule has 2 nitrogen and oxygen atoms in total. The van der Waals surface area contributed by atoms with Crippen molar-refractivity contribution in [2.75, 3.05) is 0 Å². The predicted molar refractivity (Wildman–Crippen MR) is 86.0 cm³/mol. The van der Waals surface area contributed by atoms with Gasteiger partial charge in [-0.2, -0.15) is 0 Å². The first-order chi connectivity index (χ1) is 10.3. The number of aliphatic hydroxyl groups excluding tert-OH is 1. The Morgan fingerprint density at radius 3 is 2.57 bits per heavy atom. The summed E-state index contributed by atoms with van der Waals surface area (Å²) >= 11 is 1.67. The number of rotatable bonds is 4. The molecule has 1 aliphatic carbocycles. The second-order valence-electron chi connectivity index (χ2n) is 5.48. The SMILES string of the molecule is OC(c1ccc(OC2CC2)cc1)c1csc2ccccc12. The molecule has 2 aromatic carbocycles. The number of aliphatic hydroxyl groups is 1. The normalized spacial score (nSPS) is 16.0. The molecule has 0 aliphatic heterocycles. The van der Waals surface area contributed by atoms with Crippen LogP contribution in [0.25, 0.3) is 10.1 Å². The number of hydrogen-bond donors (Lipinski definition) is 1. The van der Waals surface area contributed by atoms with Gasteiger partial charge in [-0.25, -0.2) is 0 Å². The molecule has 1 aromatic heterocycles. The smallest absolute Gasteiger partial charge is 0.119 e. The van der Waals surface area contributed by atoms with Crippen LogP contribution in [0.4, 0.5) is 0 Å². The van der Waals surface area contributed by atoms with Crippen LogP contribution in [-0.4, -0.2) is 11.2 Å². The zero-order valence-electron chi connectivity index (χ0n) is 11.5. The molecular weight excluding hydrogens is 280 g/mol. The average molecular weight is 296 g/mol. The Kier molecular flexibility index (Phi) is 3.17. The van der Waals surface area contributed by atoms with Crippen molar-refractivity contribution in [1.29, 1.82) is 0 Å². The standard InChI is InChI=1S/C18H16O2S/c19-18(16-11-21-17-4-2-1-3-15(16)17)12-5-7-13(8-6-12)20-14-9-10-14/h1-8,11,14,18-19H,9-10H2. The van der Waals surface area contributed by atoms with Gasteiger partial charge in [-0.1, -0.05) is 30.3 Å². The summed E-state index contributed by atoms with van der Waals surface area (Å²) in [5.74, 6) is 0.892. The molecule has 0 bridgehead atoms. The second kappa shape index (κ2) is 5.17. The van der Waals surface area contributed by atoms with Crippen LogP contribution in [0, 0.1) is 0 Å². The quantitative estimate of drug-likeness (QED) is 0.767. The van der Waals surface area contributed by atoms with Gasteiger partial charge in [-0.3, -0.25) is 0 Å². The van der Waals surface area contributed by atoms with Crippen molar-refractivity contribution in [3.63, 3.8) is 0 Å². The van der Waals surface area contributed by atoms with Gasteiger partial charge in [0.2, 0.25) is 0 Å². The van der Waals surface area contributed by atoms with Gasteiger partial charge in [0.05, 0.1) is 6.10 Å². The molecule has 0 spiro atoms. The molecule has 106 valence electrons. The highest BCUT2D eigenvalue weighted by molar-refractivity contribution is 7.17. The second-order valence-corrected chi connectivity index (χ2v) is 6.39. The molecule has 1 atom stereocenters. The Morgan fingerprint density at radius 2 is 1.81 bits per heavy atom. The summed E-state index contributed by atoms with van der Waals surface area (Å²) in [6.45, 7) is 0. The fourth-order valence-electron chi connectivity index (χ4n) is 2.50. The van der Waals surface area contributed by atoms with Crippen molar-refractivity contribution >= 4 is 21.4 Å². The number of benzene rings is 2. The summed E-state index contributed by atoms with van der Waals surface area (Å²) in [4.78, 5) is 0. The predicted octanol–water partition coefficient (Wildman–Crippen LogP) is 4.52. The minimum atomic E-state index is -0.587. The molecule has 0 amide bonds. The molecule has 4 rings (SSSR count). The molecule has 1 unspecified atom stereocenters. The maximum atomic E-state index is 10.6. The summed E-state index contributed by atoms with van der Waals surface area (Å²) in [6, 6.07) is 16.0. The van der Waals surface area contributed by atoms with Crippen LogP contribution >= 0.6 is 11.3 Å². The summed E-state index contributed by atoms with van der Waals surface area (Å²) in [5.41, 5.74) is 1.88. The summed E-state index contributed by atoms with van der Waals surface area (Å²) in [6.07, 6.45) is 2.13. The zero-order valence-corrected chi connectivity index (χ0v) is 12.3. The molecule has 3 heteroatoms. The van der Waals surface area contributed by atoms with E-state index in [1.807, 2.05) is 41.8 Å². The topological polar surface area (TPSA) is 29.5 Å². The third-order valence-electron chi connectivity index (χ3n) is 3.83. The maximum Gasteiger partial charge on any atom is 0.119 e. The van der Waals surface area contributed by atoms with Crippen LogP contribution in [0.15, 0.2) is 53.9 Å². The molecule has 0 saturated heterocycles. The summed E-state index contributed by atoms with van der Waals surface area (Å²) in [7, 11) is 0. The van der Waals surface area contributed by atoms with Gasteiger partial charge in [0.1, 0.15) is 11.9 Å². The highest BCUT2D eigenvalue weighted by atomic mass is 32.1. The van der Waals surface area contributed by atoms with Crippen LogP contribution in [-0.2, 0) is 0 Å². The van der Waals surface area contributed by atoms with E-state index in [1.54, 1.807) is 11.3 Å². The number of ether oxygens (including phenoxy) is 1. The van der Waals surface area contributed by atoms with Gasteiger partial charge in [0.25, 0.3) is 0 Å². The first kappa shape index (κ1) is 12.9. The van der Waals surface area contributed by atoms with E-state index in [0.717, 1.165) is 35.1 Å². The monoisotopic (exact) mass is 296 g/mol. The van der Waals surface area contributed by atoms with Crippen molar-refractivity contribution in [2.24, 2.45) is 0 Å². The van der Waals surface area contributed by atoms with Crippen LogP contribution in [0.3, 0.4) is 0 Å². The van der Waals surface area contributed by atoms with E-state index in [-0.39, 0.29) is 0 Å². The van der Waals surface area contributed by atoms with Gasteiger partial charge in [-0.05, 0) is 47.4 Å². The third kappa shape index (κ3) is 2.55. The largest absolute Gasteiger partial charge is 0.490 e. The van der Waals surface area contributed by atoms with Crippen molar-refractivity contribution in [3.05, 3.63) is 65.0 Å². The fourth-order valence-corrected chi connectivity index (χ4v) is 3.48. The zero-order chi connectivity index (χ0) is 14.2. The minimum absolute atomic E-state index is 0.404. The lowest BCUT2D eigenvalue weighted by atomic mass is 10.0. The van der Waals surface area contributed by atoms with Crippen molar-refractivity contribution in [1.82, 2.24) is 0 Å². The molecule has 0 radical (unpaired) electrons. The number of hydrogen-bond acceptors (Lipinski definition) is 3. The highest BCUT2D eigenvalue weighted by Gasteiger charge is 2.23. The Balaban J connectivity index is 1.62. The van der Waals surface area contributed by atoms with Gasteiger partial charge < -0.3 is 9.84 Å². The van der Waals surface area contributed by atoms with Gasteiger partial charge in [-0.15, -0.1) is 11.3 Å². The Morgan fingerprint density at radius 1 is 1.05 bits per heavy atom. The van der Waals surface area contributed by atoms with E-state index >= 15 is 0 Å². The Hall–Kier alpha value is -1.84. The Labute approximate surface area is 127 Å². The first-order valence-electron chi connectivity index (χ1n) is 7.22. The van der Waals surface area contributed by atoms with Crippen molar-refractivity contribution in [3.8, 4) is 5.75 Å². The van der Waals surface area contributed by atoms with E-state index in [9.17, 15) is 5.11 Å². The lowest BCUT2D eigenvalue weighted by Crippen LogP contribution is -2.00. The summed E-state index contributed by atoms with van der Waals surface area (Å²) < 4.78 is 6.95. The minimum Gasteiger partial charge on any atom is -0.490 e.